The van der Waals surface area contributed by atoms with E-state index in [0.717, 1.165) is 17.8 Å². The molecule has 1 aromatic rings. The molecule has 0 aliphatic heterocycles. The van der Waals surface area contributed by atoms with Crippen molar-refractivity contribution in [2.45, 2.75) is 59.8 Å². The van der Waals surface area contributed by atoms with Crippen LogP contribution in [-0.4, -0.2) is 0 Å². The first-order valence-corrected chi connectivity index (χ1v) is 7.72. The fourth-order valence-electron chi connectivity index (χ4n) is 3.07. The van der Waals surface area contributed by atoms with Gasteiger partial charge in [-0.1, -0.05) is 77.3 Å². The Morgan fingerprint density at radius 3 is 2.17 bits per heavy atom. The lowest BCUT2D eigenvalue weighted by molar-refractivity contribution is 0.224. The quantitative estimate of drug-likeness (QED) is 0.550. The Morgan fingerprint density at radius 1 is 1.00 bits per heavy atom. The zero-order valence-corrected chi connectivity index (χ0v) is 12.7. The molecule has 0 unspecified atom stereocenters. The molecule has 0 saturated carbocycles. The first-order chi connectivity index (χ1) is 8.69. The molecule has 0 radical (unpaired) electrons. The number of hydrogen-bond donors (Lipinski definition) is 0. The van der Waals surface area contributed by atoms with Crippen molar-refractivity contribution in [1.82, 2.24) is 0 Å². The van der Waals surface area contributed by atoms with Gasteiger partial charge in [0.25, 0.3) is 0 Å². The zero-order chi connectivity index (χ0) is 13.4. The normalized spacial score (nSPS) is 14.7. The average molecular weight is 246 g/mol. The van der Waals surface area contributed by atoms with Crippen molar-refractivity contribution < 1.29 is 0 Å². The molecule has 0 aliphatic rings. The van der Waals surface area contributed by atoms with Crippen LogP contribution in [-0.2, 0) is 6.42 Å². The molecular weight excluding hydrogens is 216 g/mol. The highest BCUT2D eigenvalue weighted by atomic mass is 14.3. The summed E-state index contributed by atoms with van der Waals surface area (Å²) in [5, 5.41) is 0. The van der Waals surface area contributed by atoms with Crippen LogP contribution in [0.2, 0.25) is 0 Å². The maximum absolute atomic E-state index is 2.40. The van der Waals surface area contributed by atoms with E-state index in [-0.39, 0.29) is 0 Å². The second-order valence-corrected chi connectivity index (χ2v) is 5.91. The fourth-order valence-corrected chi connectivity index (χ4v) is 3.07. The van der Waals surface area contributed by atoms with Gasteiger partial charge in [-0.3, -0.25) is 0 Å². The van der Waals surface area contributed by atoms with E-state index in [0.29, 0.717) is 0 Å². The van der Waals surface area contributed by atoms with Crippen LogP contribution < -0.4 is 0 Å². The molecule has 0 heteroatoms. The van der Waals surface area contributed by atoms with Gasteiger partial charge < -0.3 is 0 Å². The summed E-state index contributed by atoms with van der Waals surface area (Å²) in [6, 6.07) is 11.0. The van der Waals surface area contributed by atoms with E-state index in [1.165, 1.54) is 37.7 Å². The van der Waals surface area contributed by atoms with Crippen molar-refractivity contribution >= 4 is 0 Å². The van der Waals surface area contributed by atoms with Crippen molar-refractivity contribution in [2.24, 2.45) is 17.8 Å². The number of rotatable bonds is 8. The van der Waals surface area contributed by atoms with Crippen molar-refractivity contribution in [3.63, 3.8) is 0 Å². The lowest BCUT2D eigenvalue weighted by Gasteiger charge is -2.30. The van der Waals surface area contributed by atoms with Gasteiger partial charge in [0.1, 0.15) is 0 Å². The SMILES string of the molecule is CCCC[C@@H](C(C)C)[C@H](CC)Cc1ccccc1. The van der Waals surface area contributed by atoms with Crippen LogP contribution in [0.4, 0.5) is 0 Å². The molecule has 0 saturated heterocycles. The van der Waals surface area contributed by atoms with E-state index in [1.54, 1.807) is 0 Å². The average Bonchev–Trinajstić information content (AvgIpc) is 2.38. The zero-order valence-electron chi connectivity index (χ0n) is 12.7. The van der Waals surface area contributed by atoms with Crippen LogP contribution in [0.3, 0.4) is 0 Å². The second-order valence-electron chi connectivity index (χ2n) is 5.91. The van der Waals surface area contributed by atoms with Gasteiger partial charge in [0.2, 0.25) is 0 Å². The second kappa shape index (κ2) is 8.34. The summed E-state index contributed by atoms with van der Waals surface area (Å²) < 4.78 is 0. The van der Waals surface area contributed by atoms with E-state index >= 15 is 0 Å². The van der Waals surface area contributed by atoms with Crippen LogP contribution in [0.25, 0.3) is 0 Å². The van der Waals surface area contributed by atoms with Gasteiger partial charge in [0.15, 0.2) is 0 Å². The molecule has 0 spiro atoms. The number of hydrogen-bond acceptors (Lipinski definition) is 0. The number of unbranched alkanes of at least 4 members (excludes halogenated alkanes) is 1. The third-order valence-corrected chi connectivity index (χ3v) is 4.22. The molecule has 0 aliphatic carbocycles. The van der Waals surface area contributed by atoms with E-state index in [9.17, 15) is 0 Å². The Hall–Kier alpha value is -0.780. The van der Waals surface area contributed by atoms with E-state index < -0.39 is 0 Å². The molecule has 0 amide bonds. The van der Waals surface area contributed by atoms with Crippen LogP contribution in [0.5, 0.6) is 0 Å². The van der Waals surface area contributed by atoms with Crippen molar-refractivity contribution in [3.8, 4) is 0 Å². The van der Waals surface area contributed by atoms with Crippen LogP contribution in [0, 0.1) is 17.8 Å². The lowest BCUT2D eigenvalue weighted by Crippen LogP contribution is -2.22. The summed E-state index contributed by atoms with van der Waals surface area (Å²) in [5.41, 5.74) is 1.51. The third kappa shape index (κ3) is 4.84. The van der Waals surface area contributed by atoms with E-state index in [4.69, 9.17) is 0 Å². The maximum Gasteiger partial charge on any atom is -0.0248 e. The van der Waals surface area contributed by atoms with Crippen LogP contribution >= 0.6 is 0 Å². The summed E-state index contributed by atoms with van der Waals surface area (Å²) in [6.07, 6.45) is 6.67. The number of benzene rings is 1. The van der Waals surface area contributed by atoms with Gasteiger partial charge in [0.05, 0.1) is 0 Å². The Bertz CT molecular complexity index is 299. The smallest absolute Gasteiger partial charge is 0.0248 e. The minimum Gasteiger partial charge on any atom is -0.0654 e. The molecule has 0 heterocycles. The summed E-state index contributed by atoms with van der Waals surface area (Å²) in [7, 11) is 0. The first kappa shape index (κ1) is 15.3. The Morgan fingerprint density at radius 2 is 1.67 bits per heavy atom. The predicted molar refractivity (Wildman–Crippen MR) is 81.8 cm³/mol. The van der Waals surface area contributed by atoms with Crippen molar-refractivity contribution in [2.75, 3.05) is 0 Å². The molecule has 0 nitrogen and oxygen atoms in total. The van der Waals surface area contributed by atoms with Gasteiger partial charge in [-0.2, -0.15) is 0 Å². The highest BCUT2D eigenvalue weighted by molar-refractivity contribution is 5.15. The molecule has 18 heavy (non-hydrogen) atoms. The van der Waals surface area contributed by atoms with Crippen LogP contribution in [0.1, 0.15) is 58.9 Å². The highest BCUT2D eigenvalue weighted by Gasteiger charge is 2.22. The molecule has 0 N–H and O–H groups in total. The minimum atomic E-state index is 0.810. The topological polar surface area (TPSA) is 0 Å². The van der Waals surface area contributed by atoms with Crippen molar-refractivity contribution in [3.05, 3.63) is 35.9 Å². The largest absolute Gasteiger partial charge is 0.0654 e. The van der Waals surface area contributed by atoms with Crippen molar-refractivity contribution in [1.29, 1.82) is 0 Å². The first-order valence-electron chi connectivity index (χ1n) is 7.72. The summed E-state index contributed by atoms with van der Waals surface area (Å²) in [4.78, 5) is 0. The molecule has 1 rings (SSSR count). The molecule has 2 atom stereocenters. The molecular formula is C18H30. The summed E-state index contributed by atoms with van der Waals surface area (Å²) >= 11 is 0. The molecule has 0 fully saturated rings. The molecule has 102 valence electrons. The van der Waals surface area contributed by atoms with Gasteiger partial charge in [0, 0.05) is 0 Å². The lowest BCUT2D eigenvalue weighted by atomic mass is 9.76. The maximum atomic E-state index is 2.40. The van der Waals surface area contributed by atoms with E-state index in [2.05, 4.69) is 58.0 Å². The Balaban J connectivity index is 2.66. The third-order valence-electron chi connectivity index (χ3n) is 4.22. The minimum absolute atomic E-state index is 0.810. The fraction of sp³-hybridized carbons (Fsp3) is 0.667. The molecule has 0 aromatic heterocycles. The Labute approximate surface area is 114 Å². The molecule has 0 bridgehead atoms. The summed E-state index contributed by atoms with van der Waals surface area (Å²) in [6.45, 7) is 9.45. The highest BCUT2D eigenvalue weighted by Crippen LogP contribution is 2.31. The van der Waals surface area contributed by atoms with Gasteiger partial charge in [-0.05, 0) is 36.2 Å². The molecule has 1 aromatic carbocycles. The Kier molecular flexibility index (Phi) is 7.08. The standard InChI is InChI=1S/C18H30/c1-5-7-13-18(15(3)4)17(6-2)14-16-11-9-8-10-12-16/h8-12,15,17-18H,5-7,13-14H2,1-4H3/t17-,18+/m1/s1. The summed E-state index contributed by atoms with van der Waals surface area (Å²) in [5.74, 6) is 2.54. The van der Waals surface area contributed by atoms with Crippen LogP contribution in [0.15, 0.2) is 30.3 Å². The van der Waals surface area contributed by atoms with Gasteiger partial charge >= 0.3 is 0 Å². The monoisotopic (exact) mass is 246 g/mol. The predicted octanol–water partition coefficient (Wildman–Crippen LogP) is 5.72. The van der Waals surface area contributed by atoms with Gasteiger partial charge in [-0.25, -0.2) is 0 Å². The van der Waals surface area contributed by atoms with E-state index in [1.807, 2.05) is 0 Å². The van der Waals surface area contributed by atoms with Gasteiger partial charge in [-0.15, -0.1) is 0 Å².